The zero-order chi connectivity index (χ0) is 16.2. The number of unbranched alkanes of at least 4 members (excludes halogenated alkanes) is 6. The van der Waals surface area contributed by atoms with Crippen molar-refractivity contribution in [1.82, 2.24) is 0 Å². The third kappa shape index (κ3) is 5.96. The Hall–Kier alpha value is -1.71. The zero-order valence-corrected chi connectivity index (χ0v) is 14.0. The number of carbonyl (C=O) groups excluding carboxylic acids is 1. The summed E-state index contributed by atoms with van der Waals surface area (Å²) in [6, 6.07) is 3.32. The third-order valence-corrected chi connectivity index (χ3v) is 3.61. The van der Waals surface area contributed by atoms with Crippen molar-refractivity contribution in [2.24, 2.45) is 0 Å². The van der Waals surface area contributed by atoms with Crippen molar-refractivity contribution in [1.29, 1.82) is 0 Å². The van der Waals surface area contributed by atoms with E-state index in [9.17, 15) is 4.79 Å². The number of hydrogen-bond donors (Lipinski definition) is 0. The van der Waals surface area contributed by atoms with Gasteiger partial charge in [-0.3, -0.25) is 4.79 Å². The van der Waals surface area contributed by atoms with Crippen LogP contribution >= 0.6 is 0 Å². The average molecular weight is 308 g/mol. The van der Waals surface area contributed by atoms with Crippen LogP contribution in [0.4, 0.5) is 0 Å². The molecule has 0 amide bonds. The van der Waals surface area contributed by atoms with Crippen LogP contribution < -0.4 is 14.2 Å². The minimum absolute atomic E-state index is 0.511. The zero-order valence-electron chi connectivity index (χ0n) is 14.0. The Balaban J connectivity index is 2.46. The van der Waals surface area contributed by atoms with E-state index in [0.717, 1.165) is 12.7 Å². The fourth-order valence-corrected chi connectivity index (χ4v) is 2.34. The monoisotopic (exact) mass is 308 g/mol. The van der Waals surface area contributed by atoms with Crippen LogP contribution in [0.1, 0.15) is 62.2 Å². The summed E-state index contributed by atoms with van der Waals surface area (Å²) in [5, 5.41) is 0. The molecular weight excluding hydrogens is 280 g/mol. The summed E-state index contributed by atoms with van der Waals surface area (Å²) in [6.07, 6.45) is 9.43. The molecular formula is C18H28O4. The number of aldehydes is 1. The third-order valence-electron chi connectivity index (χ3n) is 3.61. The topological polar surface area (TPSA) is 44.8 Å². The van der Waals surface area contributed by atoms with Crippen LogP contribution in [0.2, 0.25) is 0 Å². The molecule has 4 nitrogen and oxygen atoms in total. The molecule has 0 radical (unpaired) electrons. The summed E-state index contributed by atoms with van der Waals surface area (Å²) < 4.78 is 16.4. The first-order valence-corrected chi connectivity index (χ1v) is 8.10. The molecule has 1 aromatic rings. The number of carbonyl (C=O) groups is 1. The van der Waals surface area contributed by atoms with Gasteiger partial charge < -0.3 is 14.2 Å². The number of ether oxygens (including phenoxy) is 3. The van der Waals surface area contributed by atoms with E-state index < -0.39 is 0 Å². The maximum Gasteiger partial charge on any atom is 0.203 e. The summed E-state index contributed by atoms with van der Waals surface area (Å²) >= 11 is 0. The Morgan fingerprint density at radius 1 is 0.909 bits per heavy atom. The van der Waals surface area contributed by atoms with Gasteiger partial charge in [0.25, 0.3) is 0 Å². The highest BCUT2D eigenvalue weighted by Crippen LogP contribution is 2.38. The van der Waals surface area contributed by atoms with Gasteiger partial charge in [-0.2, -0.15) is 0 Å². The number of rotatable bonds is 12. The predicted octanol–water partition coefficient (Wildman–Crippen LogP) is 4.65. The fourth-order valence-electron chi connectivity index (χ4n) is 2.34. The SMILES string of the molecule is CCCCCCCCCOc1c(OC)cc(C=O)cc1OC. The smallest absolute Gasteiger partial charge is 0.203 e. The summed E-state index contributed by atoms with van der Waals surface area (Å²) in [5.41, 5.74) is 0.511. The van der Waals surface area contributed by atoms with Crippen LogP contribution in [-0.4, -0.2) is 27.1 Å². The van der Waals surface area contributed by atoms with Crippen molar-refractivity contribution in [2.45, 2.75) is 51.9 Å². The summed E-state index contributed by atoms with van der Waals surface area (Å²) in [5.74, 6) is 1.63. The second-order valence-corrected chi connectivity index (χ2v) is 5.34. The van der Waals surface area contributed by atoms with Gasteiger partial charge in [0.15, 0.2) is 11.5 Å². The molecule has 1 aromatic carbocycles. The van der Waals surface area contributed by atoms with E-state index in [1.54, 1.807) is 26.4 Å². The molecule has 0 saturated heterocycles. The molecule has 4 heteroatoms. The molecule has 0 N–H and O–H groups in total. The van der Waals surface area contributed by atoms with Crippen LogP contribution in [0.5, 0.6) is 17.2 Å². The first kappa shape index (κ1) is 18.3. The molecule has 124 valence electrons. The molecule has 22 heavy (non-hydrogen) atoms. The average Bonchev–Trinajstić information content (AvgIpc) is 2.56. The molecule has 0 fully saturated rings. The largest absolute Gasteiger partial charge is 0.493 e. The van der Waals surface area contributed by atoms with Gasteiger partial charge in [-0.25, -0.2) is 0 Å². The Morgan fingerprint density at radius 3 is 1.95 bits per heavy atom. The van der Waals surface area contributed by atoms with E-state index in [2.05, 4.69) is 6.92 Å². The molecule has 0 aliphatic carbocycles. The van der Waals surface area contributed by atoms with E-state index in [-0.39, 0.29) is 0 Å². The van der Waals surface area contributed by atoms with Crippen LogP contribution in [0, 0.1) is 0 Å². The maximum absolute atomic E-state index is 10.9. The van der Waals surface area contributed by atoms with Crippen LogP contribution in [0.3, 0.4) is 0 Å². The van der Waals surface area contributed by atoms with E-state index in [1.165, 1.54) is 38.5 Å². The van der Waals surface area contributed by atoms with E-state index in [0.29, 0.717) is 29.4 Å². The first-order valence-electron chi connectivity index (χ1n) is 8.10. The summed E-state index contributed by atoms with van der Waals surface area (Å²) in [6.45, 7) is 2.85. The molecule has 0 heterocycles. The number of methoxy groups -OCH3 is 2. The Labute approximate surface area is 133 Å². The highest BCUT2D eigenvalue weighted by Gasteiger charge is 2.13. The van der Waals surface area contributed by atoms with Crippen molar-refractivity contribution < 1.29 is 19.0 Å². The molecule has 0 bridgehead atoms. The van der Waals surface area contributed by atoms with Gasteiger partial charge in [0.1, 0.15) is 6.29 Å². The predicted molar refractivity (Wildman–Crippen MR) is 88.4 cm³/mol. The Morgan fingerprint density at radius 2 is 1.45 bits per heavy atom. The molecule has 0 unspecified atom stereocenters. The summed E-state index contributed by atoms with van der Waals surface area (Å²) in [4.78, 5) is 10.9. The standard InChI is InChI=1S/C18H28O4/c1-4-5-6-7-8-9-10-11-22-18-16(20-2)12-15(14-19)13-17(18)21-3/h12-14H,4-11H2,1-3H3. The Kier molecular flexibility index (Phi) is 9.12. The number of hydrogen-bond acceptors (Lipinski definition) is 4. The van der Waals surface area contributed by atoms with E-state index >= 15 is 0 Å². The molecule has 0 aromatic heterocycles. The van der Waals surface area contributed by atoms with Crippen molar-refractivity contribution in [3.05, 3.63) is 17.7 Å². The van der Waals surface area contributed by atoms with Gasteiger partial charge in [-0.05, 0) is 18.6 Å². The highest BCUT2D eigenvalue weighted by molar-refractivity contribution is 5.78. The number of benzene rings is 1. The molecule has 0 saturated carbocycles. The van der Waals surface area contributed by atoms with Crippen LogP contribution in [0.15, 0.2) is 12.1 Å². The quantitative estimate of drug-likeness (QED) is 0.416. The van der Waals surface area contributed by atoms with Crippen molar-refractivity contribution >= 4 is 6.29 Å². The minimum Gasteiger partial charge on any atom is -0.493 e. The van der Waals surface area contributed by atoms with E-state index in [1.807, 2.05) is 0 Å². The minimum atomic E-state index is 0.511. The van der Waals surface area contributed by atoms with Gasteiger partial charge in [0.2, 0.25) is 5.75 Å². The van der Waals surface area contributed by atoms with Crippen molar-refractivity contribution in [3.8, 4) is 17.2 Å². The van der Waals surface area contributed by atoms with Gasteiger partial charge in [-0.15, -0.1) is 0 Å². The van der Waals surface area contributed by atoms with Gasteiger partial charge >= 0.3 is 0 Å². The molecule has 1 rings (SSSR count). The van der Waals surface area contributed by atoms with Gasteiger partial charge in [0.05, 0.1) is 20.8 Å². The van der Waals surface area contributed by atoms with Crippen molar-refractivity contribution in [3.63, 3.8) is 0 Å². The van der Waals surface area contributed by atoms with E-state index in [4.69, 9.17) is 14.2 Å². The molecule has 0 atom stereocenters. The lowest BCUT2D eigenvalue weighted by molar-refractivity contribution is 0.112. The summed E-state index contributed by atoms with van der Waals surface area (Å²) in [7, 11) is 3.12. The maximum atomic E-state index is 10.9. The van der Waals surface area contributed by atoms with Gasteiger partial charge in [-0.1, -0.05) is 45.4 Å². The fraction of sp³-hybridized carbons (Fsp3) is 0.611. The normalized spacial score (nSPS) is 10.3. The molecule has 0 spiro atoms. The lowest BCUT2D eigenvalue weighted by Gasteiger charge is -2.15. The van der Waals surface area contributed by atoms with Crippen molar-refractivity contribution in [2.75, 3.05) is 20.8 Å². The molecule has 0 aliphatic heterocycles. The highest BCUT2D eigenvalue weighted by atomic mass is 16.5. The molecule has 0 aliphatic rings. The lowest BCUT2D eigenvalue weighted by Crippen LogP contribution is -2.02. The lowest BCUT2D eigenvalue weighted by atomic mass is 10.1. The second-order valence-electron chi connectivity index (χ2n) is 5.34. The first-order chi connectivity index (χ1) is 10.8. The van der Waals surface area contributed by atoms with Crippen LogP contribution in [-0.2, 0) is 0 Å². The van der Waals surface area contributed by atoms with Crippen LogP contribution in [0.25, 0.3) is 0 Å². The second kappa shape index (κ2) is 10.9. The van der Waals surface area contributed by atoms with Gasteiger partial charge in [0, 0.05) is 5.56 Å². The Bertz CT molecular complexity index is 418.